The number of guanidine groups is 1. The van der Waals surface area contributed by atoms with Gasteiger partial charge < -0.3 is 24.8 Å². The lowest BCUT2D eigenvalue weighted by atomic mass is 10.2. The quantitative estimate of drug-likeness (QED) is 0.585. The minimum atomic E-state index is 0.0271. The fraction of sp³-hybridized carbons (Fsp3) is 0.391. The van der Waals surface area contributed by atoms with Crippen LogP contribution in [0.4, 0.5) is 5.69 Å². The number of nitrogens with one attached hydrogen (secondary N) is 1. The van der Waals surface area contributed by atoms with Crippen molar-refractivity contribution in [2.24, 2.45) is 4.99 Å². The van der Waals surface area contributed by atoms with Crippen molar-refractivity contribution < 1.29 is 9.53 Å². The Balaban J connectivity index is 1.64. The van der Waals surface area contributed by atoms with Crippen LogP contribution in [-0.4, -0.2) is 75.6 Å². The average molecular weight is 410 g/mol. The van der Waals surface area contributed by atoms with Gasteiger partial charge in [0.15, 0.2) is 5.96 Å². The van der Waals surface area contributed by atoms with Crippen LogP contribution in [0.15, 0.2) is 59.6 Å². The summed E-state index contributed by atoms with van der Waals surface area (Å²) in [6.07, 6.45) is 0. The van der Waals surface area contributed by atoms with Crippen molar-refractivity contribution in [2.45, 2.75) is 6.54 Å². The Morgan fingerprint density at radius 1 is 1.03 bits per heavy atom. The van der Waals surface area contributed by atoms with Crippen LogP contribution in [0.2, 0.25) is 0 Å². The second-order valence-corrected chi connectivity index (χ2v) is 7.44. The smallest absolute Gasteiger partial charge is 0.241 e. The highest BCUT2D eigenvalue weighted by Gasteiger charge is 2.21. The fourth-order valence-corrected chi connectivity index (χ4v) is 3.30. The molecule has 7 heteroatoms. The number of hydrogen-bond donors (Lipinski definition) is 1. The first-order chi connectivity index (χ1) is 14.6. The molecule has 1 saturated heterocycles. The Morgan fingerprint density at radius 3 is 2.30 bits per heavy atom. The van der Waals surface area contributed by atoms with E-state index in [0.29, 0.717) is 6.54 Å². The number of piperazine rings is 1. The number of nitrogens with zero attached hydrogens (tertiary/aromatic N) is 4. The van der Waals surface area contributed by atoms with E-state index in [1.165, 1.54) is 5.69 Å². The second-order valence-electron chi connectivity index (χ2n) is 7.44. The maximum Gasteiger partial charge on any atom is 0.241 e. The van der Waals surface area contributed by atoms with E-state index in [4.69, 9.17) is 9.73 Å². The molecule has 0 radical (unpaired) electrons. The van der Waals surface area contributed by atoms with E-state index in [0.717, 1.165) is 43.5 Å². The van der Waals surface area contributed by atoms with Gasteiger partial charge in [0.1, 0.15) is 5.75 Å². The number of carbonyl (C=O) groups excluding carboxylic acids is 1. The largest absolute Gasteiger partial charge is 0.497 e. The van der Waals surface area contributed by atoms with Crippen LogP contribution in [0, 0.1) is 0 Å². The molecule has 1 fully saturated rings. The van der Waals surface area contributed by atoms with E-state index in [-0.39, 0.29) is 12.5 Å². The SMILES string of the molecule is COc1ccc(N2CCN(C(=NCc3ccccc3)NCC(=O)N(C)C)CC2)cc1. The summed E-state index contributed by atoms with van der Waals surface area (Å²) in [5.41, 5.74) is 2.33. The third kappa shape index (κ3) is 5.89. The maximum absolute atomic E-state index is 12.1. The summed E-state index contributed by atoms with van der Waals surface area (Å²) in [7, 11) is 5.20. The molecular formula is C23H31N5O2. The molecule has 30 heavy (non-hydrogen) atoms. The van der Waals surface area contributed by atoms with Crippen molar-refractivity contribution >= 4 is 17.6 Å². The lowest BCUT2D eigenvalue weighted by Gasteiger charge is -2.37. The summed E-state index contributed by atoms with van der Waals surface area (Å²) in [4.78, 5) is 23.0. The number of aliphatic imine (C=N–C) groups is 1. The number of amides is 1. The van der Waals surface area contributed by atoms with Crippen molar-refractivity contribution in [1.29, 1.82) is 0 Å². The molecule has 1 heterocycles. The van der Waals surface area contributed by atoms with Crippen LogP contribution in [0.25, 0.3) is 0 Å². The van der Waals surface area contributed by atoms with Gasteiger partial charge in [0.2, 0.25) is 5.91 Å². The number of hydrogen-bond acceptors (Lipinski definition) is 4. The van der Waals surface area contributed by atoms with E-state index < -0.39 is 0 Å². The Bertz CT molecular complexity index is 828. The molecule has 0 aliphatic carbocycles. The van der Waals surface area contributed by atoms with Crippen LogP contribution in [0.1, 0.15) is 5.56 Å². The zero-order valence-electron chi connectivity index (χ0n) is 18.0. The molecule has 1 aliphatic rings. The number of anilines is 1. The maximum atomic E-state index is 12.1. The Labute approximate surface area is 178 Å². The topological polar surface area (TPSA) is 60.4 Å². The molecule has 2 aromatic carbocycles. The van der Waals surface area contributed by atoms with Gasteiger partial charge in [0.25, 0.3) is 0 Å². The first-order valence-corrected chi connectivity index (χ1v) is 10.2. The van der Waals surface area contributed by atoms with Crippen molar-refractivity contribution in [3.8, 4) is 5.75 Å². The Kier molecular flexibility index (Phi) is 7.54. The normalized spacial score (nSPS) is 14.4. The van der Waals surface area contributed by atoms with Gasteiger partial charge in [-0.3, -0.25) is 4.79 Å². The fourth-order valence-electron chi connectivity index (χ4n) is 3.30. The van der Waals surface area contributed by atoms with E-state index in [2.05, 4.69) is 39.4 Å². The lowest BCUT2D eigenvalue weighted by molar-refractivity contribution is -0.127. The predicted molar refractivity (Wildman–Crippen MR) is 121 cm³/mol. The summed E-state index contributed by atoms with van der Waals surface area (Å²) in [6, 6.07) is 18.3. The van der Waals surface area contributed by atoms with Gasteiger partial charge in [0.05, 0.1) is 20.2 Å². The van der Waals surface area contributed by atoms with E-state index in [1.54, 1.807) is 26.1 Å². The third-order valence-corrected chi connectivity index (χ3v) is 5.17. The highest BCUT2D eigenvalue weighted by molar-refractivity contribution is 5.86. The van der Waals surface area contributed by atoms with Crippen molar-refractivity contribution in [3.05, 3.63) is 60.2 Å². The first kappa shape index (κ1) is 21.5. The van der Waals surface area contributed by atoms with Gasteiger partial charge >= 0.3 is 0 Å². The van der Waals surface area contributed by atoms with Crippen LogP contribution >= 0.6 is 0 Å². The highest BCUT2D eigenvalue weighted by atomic mass is 16.5. The Hall–Kier alpha value is -3.22. The molecule has 0 atom stereocenters. The molecule has 2 aromatic rings. The summed E-state index contributed by atoms with van der Waals surface area (Å²) < 4.78 is 5.25. The number of methoxy groups -OCH3 is 1. The van der Waals surface area contributed by atoms with Gasteiger partial charge in [-0.1, -0.05) is 30.3 Å². The van der Waals surface area contributed by atoms with Gasteiger partial charge in [0, 0.05) is 46.0 Å². The van der Waals surface area contributed by atoms with Crippen LogP contribution < -0.4 is 15.0 Å². The molecule has 1 amide bonds. The Morgan fingerprint density at radius 2 is 1.70 bits per heavy atom. The number of benzene rings is 2. The highest BCUT2D eigenvalue weighted by Crippen LogP contribution is 2.20. The van der Waals surface area contributed by atoms with E-state index >= 15 is 0 Å². The molecule has 160 valence electrons. The zero-order valence-corrected chi connectivity index (χ0v) is 18.0. The van der Waals surface area contributed by atoms with Crippen LogP contribution in [0.5, 0.6) is 5.75 Å². The number of carbonyl (C=O) groups is 1. The van der Waals surface area contributed by atoms with Crippen molar-refractivity contribution in [3.63, 3.8) is 0 Å². The van der Waals surface area contributed by atoms with Crippen molar-refractivity contribution in [2.75, 3.05) is 58.8 Å². The van der Waals surface area contributed by atoms with Crippen LogP contribution in [-0.2, 0) is 11.3 Å². The summed E-state index contributed by atoms with van der Waals surface area (Å²) >= 11 is 0. The molecule has 0 unspecified atom stereocenters. The molecule has 0 aromatic heterocycles. The molecule has 1 aliphatic heterocycles. The number of rotatable bonds is 6. The zero-order chi connectivity index (χ0) is 21.3. The summed E-state index contributed by atoms with van der Waals surface area (Å²) in [5.74, 6) is 1.67. The molecule has 1 N–H and O–H groups in total. The summed E-state index contributed by atoms with van der Waals surface area (Å²) in [5, 5.41) is 3.26. The van der Waals surface area contributed by atoms with E-state index in [9.17, 15) is 4.79 Å². The van der Waals surface area contributed by atoms with Gasteiger partial charge in [-0.2, -0.15) is 0 Å². The molecule has 3 rings (SSSR count). The molecule has 0 saturated carbocycles. The molecule has 7 nitrogen and oxygen atoms in total. The van der Waals surface area contributed by atoms with E-state index in [1.807, 2.05) is 30.3 Å². The third-order valence-electron chi connectivity index (χ3n) is 5.17. The van der Waals surface area contributed by atoms with Gasteiger partial charge in [-0.15, -0.1) is 0 Å². The monoisotopic (exact) mass is 409 g/mol. The lowest BCUT2D eigenvalue weighted by Crippen LogP contribution is -2.53. The van der Waals surface area contributed by atoms with Crippen LogP contribution in [0.3, 0.4) is 0 Å². The van der Waals surface area contributed by atoms with Gasteiger partial charge in [-0.25, -0.2) is 4.99 Å². The predicted octanol–water partition coefficient (Wildman–Crippen LogP) is 2.05. The van der Waals surface area contributed by atoms with Gasteiger partial charge in [-0.05, 0) is 29.8 Å². The standard InChI is InChI=1S/C23H31N5O2/c1-26(2)22(29)18-25-23(24-17-19-7-5-4-6-8-19)28-15-13-27(14-16-28)20-9-11-21(30-3)12-10-20/h4-12H,13-18H2,1-3H3,(H,24,25). The average Bonchev–Trinajstić information content (AvgIpc) is 2.80. The number of likely N-dealkylation sites (N-methyl/N-ethyl adjacent to an activating group) is 1. The minimum absolute atomic E-state index is 0.0271. The van der Waals surface area contributed by atoms with Crippen molar-refractivity contribution in [1.82, 2.24) is 15.1 Å². The second kappa shape index (κ2) is 10.5. The first-order valence-electron chi connectivity index (χ1n) is 10.2. The summed E-state index contributed by atoms with van der Waals surface area (Å²) in [6.45, 7) is 4.27. The molecular weight excluding hydrogens is 378 g/mol. The molecule has 0 bridgehead atoms. The molecule has 0 spiro atoms. The number of ether oxygens (including phenoxy) is 1. The minimum Gasteiger partial charge on any atom is -0.497 e.